The van der Waals surface area contributed by atoms with E-state index in [4.69, 9.17) is 0 Å². The molecule has 4 amide bonds. The summed E-state index contributed by atoms with van der Waals surface area (Å²) in [6.07, 6.45) is 8.66. The van der Waals surface area contributed by atoms with Crippen LogP contribution in [0.2, 0.25) is 0 Å². The number of carbonyl (C=O) groups excluding carboxylic acids is 4. The summed E-state index contributed by atoms with van der Waals surface area (Å²) < 4.78 is 0. The Morgan fingerprint density at radius 1 is 0.606 bits per heavy atom. The summed E-state index contributed by atoms with van der Waals surface area (Å²) in [5.41, 5.74) is -1.77. The molecule has 3 fully saturated rings. The molecule has 4 N–H and O–H groups in total. The fourth-order valence-electron chi connectivity index (χ4n) is 5.36. The largest absolute Gasteiger partial charge is 0.352 e. The molecular formula is C25H42N4O4. The van der Waals surface area contributed by atoms with Gasteiger partial charge in [-0.1, -0.05) is 38.5 Å². The van der Waals surface area contributed by atoms with Gasteiger partial charge in [-0.3, -0.25) is 19.2 Å². The van der Waals surface area contributed by atoms with Crippen molar-refractivity contribution in [2.75, 3.05) is 0 Å². The third-order valence-electron chi connectivity index (χ3n) is 7.31. The van der Waals surface area contributed by atoms with E-state index in [1.54, 1.807) is 0 Å². The van der Waals surface area contributed by atoms with Crippen molar-refractivity contribution in [1.29, 1.82) is 0 Å². The summed E-state index contributed by atoms with van der Waals surface area (Å²) in [5, 5.41) is 12.0. The van der Waals surface area contributed by atoms with E-state index in [2.05, 4.69) is 21.3 Å². The molecule has 0 aliphatic heterocycles. The lowest BCUT2D eigenvalue weighted by Gasteiger charge is -2.38. The van der Waals surface area contributed by atoms with E-state index in [0.29, 0.717) is 32.1 Å². The summed E-state index contributed by atoms with van der Waals surface area (Å²) >= 11 is 0. The molecule has 3 rings (SSSR count). The van der Waals surface area contributed by atoms with E-state index in [0.717, 1.165) is 38.5 Å². The molecule has 0 heterocycles. The van der Waals surface area contributed by atoms with Crippen LogP contribution in [-0.2, 0) is 19.2 Å². The van der Waals surface area contributed by atoms with E-state index in [-0.39, 0.29) is 35.7 Å². The summed E-state index contributed by atoms with van der Waals surface area (Å²) in [6.45, 7) is 7.64. The molecule has 3 aliphatic carbocycles. The molecule has 3 aliphatic rings. The zero-order valence-electron chi connectivity index (χ0n) is 20.7. The van der Waals surface area contributed by atoms with Crippen molar-refractivity contribution in [3.63, 3.8) is 0 Å². The van der Waals surface area contributed by atoms with Crippen LogP contribution in [0.25, 0.3) is 0 Å². The zero-order valence-corrected chi connectivity index (χ0v) is 20.7. The Kier molecular flexibility index (Phi) is 8.06. The zero-order chi connectivity index (χ0) is 24.2. The minimum Gasteiger partial charge on any atom is -0.352 e. The lowest BCUT2D eigenvalue weighted by molar-refractivity contribution is -0.138. The van der Waals surface area contributed by atoms with Gasteiger partial charge in [-0.15, -0.1) is 0 Å². The van der Waals surface area contributed by atoms with Gasteiger partial charge in [0.05, 0.1) is 11.8 Å². The molecule has 0 bridgehead atoms. The highest BCUT2D eigenvalue weighted by atomic mass is 16.2. The van der Waals surface area contributed by atoms with Crippen molar-refractivity contribution in [3.05, 3.63) is 0 Å². The summed E-state index contributed by atoms with van der Waals surface area (Å²) in [5.74, 6) is -1.58. The molecule has 0 aromatic rings. The Bertz CT molecular complexity index is 690. The van der Waals surface area contributed by atoms with Gasteiger partial charge in [-0.25, -0.2) is 0 Å². The highest BCUT2D eigenvalue weighted by Gasteiger charge is 2.53. The second-order valence-corrected chi connectivity index (χ2v) is 11.0. The van der Waals surface area contributed by atoms with Crippen molar-refractivity contribution in [3.8, 4) is 0 Å². The van der Waals surface area contributed by atoms with Crippen molar-refractivity contribution in [2.24, 2.45) is 11.8 Å². The van der Waals surface area contributed by atoms with Gasteiger partial charge in [0, 0.05) is 12.1 Å². The second-order valence-electron chi connectivity index (χ2n) is 11.0. The predicted octanol–water partition coefficient (Wildman–Crippen LogP) is 2.31. The van der Waals surface area contributed by atoms with Crippen molar-refractivity contribution >= 4 is 23.6 Å². The van der Waals surface area contributed by atoms with Crippen LogP contribution in [0.4, 0.5) is 0 Å². The Hall–Kier alpha value is -2.12. The first-order valence-electron chi connectivity index (χ1n) is 12.8. The molecule has 0 radical (unpaired) electrons. The van der Waals surface area contributed by atoms with Gasteiger partial charge in [0.2, 0.25) is 23.6 Å². The Labute approximate surface area is 197 Å². The molecule has 0 saturated heterocycles. The van der Waals surface area contributed by atoms with Gasteiger partial charge >= 0.3 is 0 Å². The predicted molar refractivity (Wildman–Crippen MR) is 126 cm³/mol. The monoisotopic (exact) mass is 462 g/mol. The lowest BCUT2D eigenvalue weighted by atomic mass is 9.80. The quantitative estimate of drug-likeness (QED) is 0.443. The molecule has 0 spiro atoms. The first-order valence-corrected chi connectivity index (χ1v) is 12.8. The highest BCUT2D eigenvalue weighted by Crippen LogP contribution is 2.41. The van der Waals surface area contributed by atoms with Gasteiger partial charge < -0.3 is 21.3 Å². The van der Waals surface area contributed by atoms with Crippen LogP contribution in [0.3, 0.4) is 0 Å². The Morgan fingerprint density at radius 3 is 1.24 bits per heavy atom. The molecule has 0 aromatic heterocycles. The van der Waals surface area contributed by atoms with Crippen molar-refractivity contribution in [1.82, 2.24) is 21.3 Å². The molecule has 0 aromatic carbocycles. The fourth-order valence-corrected chi connectivity index (χ4v) is 5.36. The normalized spacial score (nSPS) is 25.8. The summed E-state index contributed by atoms with van der Waals surface area (Å²) in [7, 11) is 0. The van der Waals surface area contributed by atoms with Crippen LogP contribution in [0, 0.1) is 11.8 Å². The average molecular weight is 463 g/mol. The number of hydrogen-bond acceptors (Lipinski definition) is 4. The maximum Gasteiger partial charge on any atom is 0.245 e. The maximum absolute atomic E-state index is 13.1. The number of amides is 4. The first kappa shape index (κ1) is 25.5. The van der Waals surface area contributed by atoms with Gasteiger partial charge in [0.25, 0.3) is 0 Å². The van der Waals surface area contributed by atoms with Crippen molar-refractivity contribution < 1.29 is 19.2 Å². The van der Waals surface area contributed by atoms with Crippen LogP contribution < -0.4 is 21.3 Å². The minimum absolute atomic E-state index is 0.00340. The fraction of sp³-hybridized carbons (Fsp3) is 0.840. The van der Waals surface area contributed by atoms with Gasteiger partial charge in [0.1, 0.15) is 11.1 Å². The van der Waals surface area contributed by atoms with Gasteiger partial charge in [-0.2, -0.15) is 0 Å². The van der Waals surface area contributed by atoms with E-state index in [1.807, 2.05) is 27.7 Å². The van der Waals surface area contributed by atoms with E-state index < -0.39 is 22.9 Å². The maximum atomic E-state index is 13.1. The van der Waals surface area contributed by atoms with Crippen LogP contribution in [0.1, 0.15) is 98.3 Å². The molecule has 8 heteroatoms. The Balaban J connectivity index is 1.63. The van der Waals surface area contributed by atoms with Crippen LogP contribution >= 0.6 is 0 Å². The number of hydrogen-bond donors (Lipinski definition) is 4. The summed E-state index contributed by atoms with van der Waals surface area (Å²) in [4.78, 5) is 52.1. The molecule has 8 nitrogen and oxygen atoms in total. The number of carbonyl (C=O) groups is 4. The van der Waals surface area contributed by atoms with Crippen LogP contribution in [0.15, 0.2) is 0 Å². The second kappa shape index (κ2) is 10.4. The van der Waals surface area contributed by atoms with Gasteiger partial charge in [-0.05, 0) is 59.8 Å². The minimum atomic E-state index is -0.884. The average Bonchev–Trinajstić information content (AvgIpc) is 3.55. The smallest absolute Gasteiger partial charge is 0.245 e. The van der Waals surface area contributed by atoms with Gasteiger partial charge in [0.15, 0.2) is 0 Å². The van der Waals surface area contributed by atoms with Crippen LogP contribution in [0.5, 0.6) is 0 Å². The SMILES string of the molecule is CC(C)NC(=O)C1(NC(=O)C2CC2C(=O)NC2(C(=O)NC(C)C)CCCCC2)CCCCC1. The third kappa shape index (κ3) is 6.07. The lowest BCUT2D eigenvalue weighted by Crippen LogP contribution is -2.61. The molecule has 2 unspecified atom stereocenters. The van der Waals surface area contributed by atoms with E-state index >= 15 is 0 Å². The highest BCUT2D eigenvalue weighted by molar-refractivity contribution is 5.98. The molecular weight excluding hydrogens is 420 g/mol. The first-order chi connectivity index (χ1) is 15.6. The number of nitrogens with one attached hydrogen (secondary N) is 4. The summed E-state index contributed by atoms with van der Waals surface area (Å²) in [6, 6.07) is -0.00681. The molecule has 33 heavy (non-hydrogen) atoms. The Morgan fingerprint density at radius 2 is 0.939 bits per heavy atom. The number of rotatable bonds is 8. The van der Waals surface area contributed by atoms with Crippen molar-refractivity contribution in [2.45, 2.75) is 121 Å². The van der Waals surface area contributed by atoms with E-state index in [1.165, 1.54) is 0 Å². The van der Waals surface area contributed by atoms with Crippen LogP contribution in [-0.4, -0.2) is 46.8 Å². The molecule has 186 valence electrons. The standard InChI is InChI=1S/C25H42N4O4/c1-16(2)26-22(32)24(11-7-5-8-12-24)28-20(30)18-15-19(18)21(31)29-25(13-9-6-10-14-25)23(33)27-17(3)4/h16-19H,5-15H2,1-4H3,(H,26,32)(H,27,33)(H,28,30)(H,29,31). The van der Waals surface area contributed by atoms with E-state index in [9.17, 15) is 19.2 Å². The topological polar surface area (TPSA) is 116 Å². The molecule has 2 atom stereocenters. The third-order valence-corrected chi connectivity index (χ3v) is 7.31. The molecule has 3 saturated carbocycles.